The monoisotopic (exact) mass is 504 g/mol. The number of fused-ring (bicyclic) bond motifs is 1. The van der Waals surface area contributed by atoms with Crippen LogP contribution in [0.1, 0.15) is 12.6 Å². The van der Waals surface area contributed by atoms with E-state index in [9.17, 15) is 32.7 Å². The molecule has 174 valence electrons. The molecule has 0 bridgehead atoms. The van der Waals surface area contributed by atoms with Crippen LogP contribution in [0.3, 0.4) is 0 Å². The number of thioether (sulfide) groups is 1. The van der Waals surface area contributed by atoms with E-state index in [4.69, 9.17) is 10.5 Å². The molecule has 0 radical (unpaired) electrons. The highest BCUT2D eigenvalue weighted by Gasteiger charge is 2.58. The summed E-state index contributed by atoms with van der Waals surface area (Å²) in [6.45, 7) is 0.587. The topological polar surface area (TPSA) is 186 Å². The number of carboxylic acid groups (broad SMARTS) is 1. The fraction of sp³-hybridized carbons (Fsp3) is 0.471. The van der Waals surface area contributed by atoms with Crippen molar-refractivity contribution in [2.24, 2.45) is 5.41 Å². The number of ether oxygens (including phenoxy) is 1. The highest BCUT2D eigenvalue weighted by atomic mass is 32.2. The summed E-state index contributed by atoms with van der Waals surface area (Å²) in [5.74, 6) is -3.14. The summed E-state index contributed by atoms with van der Waals surface area (Å²) in [7, 11) is -3.71. The van der Waals surface area contributed by atoms with Crippen LogP contribution in [0.5, 0.6) is 0 Å². The molecule has 0 aliphatic carbocycles. The highest BCUT2D eigenvalue weighted by molar-refractivity contribution is 8.00. The third-order valence-corrected chi connectivity index (χ3v) is 7.74. The molecule has 0 saturated carbocycles. The maximum atomic E-state index is 12.8. The first-order valence-electron chi connectivity index (χ1n) is 9.06. The summed E-state index contributed by atoms with van der Waals surface area (Å²) in [6, 6.07) is -0.980. The van der Waals surface area contributed by atoms with Gasteiger partial charge in [-0.05, 0) is 0 Å². The van der Waals surface area contributed by atoms with Gasteiger partial charge in [-0.3, -0.25) is 19.2 Å². The second-order valence-electron chi connectivity index (χ2n) is 7.42. The predicted octanol–water partition coefficient (Wildman–Crippen LogP) is -0.855. The van der Waals surface area contributed by atoms with Crippen molar-refractivity contribution in [3.8, 4) is 0 Å². The summed E-state index contributed by atoms with van der Waals surface area (Å²) in [5.41, 5.74) is 3.91. The van der Waals surface area contributed by atoms with Crippen LogP contribution in [0.2, 0.25) is 0 Å². The smallest absolute Gasteiger partial charge is 0.315 e. The van der Waals surface area contributed by atoms with Gasteiger partial charge < -0.3 is 25.8 Å². The molecule has 2 aliphatic rings. The third-order valence-electron chi connectivity index (χ3n) is 4.81. The van der Waals surface area contributed by atoms with Crippen LogP contribution < -0.4 is 11.1 Å². The number of β-lactam (4-membered cyclic amide) rings is 1. The maximum Gasteiger partial charge on any atom is 0.315 e. The number of carbonyl (C=O) groups excluding carboxylic acids is 3. The van der Waals surface area contributed by atoms with Crippen LogP contribution in [0.25, 0.3) is 5.57 Å². The van der Waals surface area contributed by atoms with Crippen molar-refractivity contribution in [2.75, 3.05) is 30.9 Å². The van der Waals surface area contributed by atoms with E-state index in [2.05, 4.69) is 10.3 Å². The van der Waals surface area contributed by atoms with E-state index < -0.39 is 50.4 Å². The first kappa shape index (κ1) is 24.0. The lowest BCUT2D eigenvalue weighted by Crippen LogP contribution is -2.74. The number of nitrogens with zero attached hydrogens (tertiary/aromatic N) is 2. The molecule has 2 saturated heterocycles. The SMILES string of the molecule is CC(=O)OCC1(C(=O)O)CS[C@@H]2C(NC(=O)C(=CS(C)(=O)=O)c3csc(N)n3)C(=O)N2C1. The molecule has 0 aromatic carbocycles. The molecule has 2 aliphatic heterocycles. The molecule has 1 aromatic heterocycles. The Morgan fingerprint density at radius 1 is 1.47 bits per heavy atom. The Morgan fingerprint density at radius 2 is 2.16 bits per heavy atom. The zero-order chi connectivity index (χ0) is 23.8. The number of rotatable bonds is 7. The number of anilines is 1. The van der Waals surface area contributed by atoms with Crippen molar-refractivity contribution in [3.05, 3.63) is 16.5 Å². The largest absolute Gasteiger partial charge is 0.481 e. The number of amides is 2. The van der Waals surface area contributed by atoms with E-state index in [0.29, 0.717) is 0 Å². The van der Waals surface area contributed by atoms with Crippen molar-refractivity contribution in [1.82, 2.24) is 15.2 Å². The number of nitrogens with two attached hydrogens (primary N) is 1. The minimum atomic E-state index is -3.71. The lowest BCUT2D eigenvalue weighted by molar-refractivity contribution is -0.164. The van der Waals surface area contributed by atoms with Gasteiger partial charge in [0.2, 0.25) is 5.91 Å². The molecule has 2 amide bonds. The summed E-state index contributed by atoms with van der Waals surface area (Å²) in [4.78, 5) is 53.6. The molecule has 4 N–H and O–H groups in total. The number of thiazole rings is 1. The molecule has 3 heterocycles. The summed E-state index contributed by atoms with van der Waals surface area (Å²) < 4.78 is 28.4. The number of nitrogens with one attached hydrogen (secondary N) is 1. The average molecular weight is 505 g/mol. The van der Waals surface area contributed by atoms with E-state index in [1.54, 1.807) is 0 Å². The summed E-state index contributed by atoms with van der Waals surface area (Å²) >= 11 is 2.15. The molecule has 1 aromatic rings. The van der Waals surface area contributed by atoms with E-state index >= 15 is 0 Å². The number of aromatic nitrogens is 1. The highest BCUT2D eigenvalue weighted by Crippen LogP contribution is 2.42. The Balaban J connectivity index is 1.76. The Bertz CT molecular complexity index is 1110. The Hall–Kier alpha value is -2.65. The normalized spacial score (nSPS) is 25.5. The number of nitrogen functional groups attached to an aromatic ring is 1. The lowest BCUT2D eigenvalue weighted by atomic mass is 9.88. The van der Waals surface area contributed by atoms with E-state index in [1.807, 2.05) is 0 Å². The van der Waals surface area contributed by atoms with Gasteiger partial charge in [-0.15, -0.1) is 23.1 Å². The average Bonchev–Trinajstić information content (AvgIpc) is 3.13. The first-order chi connectivity index (χ1) is 14.8. The third kappa shape index (κ3) is 4.88. The lowest BCUT2D eigenvalue weighted by Gasteiger charge is -2.53. The molecular formula is C17H20N4O8S3. The van der Waals surface area contributed by atoms with Gasteiger partial charge in [-0.2, -0.15) is 0 Å². The van der Waals surface area contributed by atoms with Crippen LogP contribution in [-0.4, -0.2) is 83.7 Å². The van der Waals surface area contributed by atoms with Gasteiger partial charge in [0.25, 0.3) is 5.91 Å². The number of aliphatic carboxylic acids is 1. The molecule has 32 heavy (non-hydrogen) atoms. The number of esters is 1. The molecule has 0 spiro atoms. The minimum Gasteiger partial charge on any atom is -0.481 e. The molecule has 3 rings (SSSR count). The summed E-state index contributed by atoms with van der Waals surface area (Å²) in [5, 5.41) is 13.9. The maximum absolute atomic E-state index is 12.8. The quantitative estimate of drug-likeness (QED) is 0.238. The summed E-state index contributed by atoms with van der Waals surface area (Å²) in [6.07, 6.45) is 0.915. The van der Waals surface area contributed by atoms with Crippen LogP contribution in [0.15, 0.2) is 10.8 Å². The van der Waals surface area contributed by atoms with Gasteiger partial charge in [0.15, 0.2) is 15.0 Å². The fourth-order valence-corrected chi connectivity index (χ4v) is 5.96. The molecule has 15 heteroatoms. The second-order valence-corrected chi connectivity index (χ2v) is 11.3. The van der Waals surface area contributed by atoms with Gasteiger partial charge in [0.1, 0.15) is 23.4 Å². The van der Waals surface area contributed by atoms with Gasteiger partial charge in [-0.25, -0.2) is 13.4 Å². The van der Waals surface area contributed by atoms with Gasteiger partial charge >= 0.3 is 11.9 Å². The Kier molecular flexibility index (Phi) is 6.53. The Labute approximate surface area is 191 Å². The first-order valence-corrected chi connectivity index (χ1v) is 12.9. The van der Waals surface area contributed by atoms with E-state index in [1.165, 1.54) is 10.3 Å². The Morgan fingerprint density at radius 3 is 2.69 bits per heavy atom. The van der Waals surface area contributed by atoms with Crippen molar-refractivity contribution < 1.29 is 37.4 Å². The van der Waals surface area contributed by atoms with Crippen LogP contribution in [-0.2, 0) is 33.8 Å². The molecule has 2 unspecified atom stereocenters. The number of hydrogen-bond acceptors (Lipinski definition) is 11. The molecule has 3 atom stereocenters. The van der Waals surface area contributed by atoms with Crippen LogP contribution in [0.4, 0.5) is 5.13 Å². The standard InChI is InChI=1S/C17H20N4O8S3/c1-8(22)29-6-17(15(25)26)5-21-13(24)11(14(21)31-7-17)20-12(23)9(4-32(2,27)28)10-3-30-16(18)19-10/h3-4,11,14H,5-7H2,1-2H3,(H2,18,19)(H,20,23)(H,25,26)/t11?,14-,17?/m1/s1. The minimum absolute atomic E-state index is 0.0467. The number of sulfone groups is 1. The van der Waals surface area contributed by atoms with Gasteiger partial charge in [0.05, 0.1) is 11.3 Å². The number of hydrogen-bond donors (Lipinski definition) is 3. The van der Waals surface area contributed by atoms with E-state index in [-0.39, 0.29) is 35.3 Å². The molecule has 2 fully saturated rings. The van der Waals surface area contributed by atoms with Crippen molar-refractivity contribution in [3.63, 3.8) is 0 Å². The molecular weight excluding hydrogens is 484 g/mol. The molecule has 12 nitrogen and oxygen atoms in total. The van der Waals surface area contributed by atoms with Crippen molar-refractivity contribution >= 4 is 67.4 Å². The number of carbonyl (C=O) groups is 4. The number of carboxylic acids is 1. The predicted molar refractivity (Wildman–Crippen MR) is 116 cm³/mol. The van der Waals surface area contributed by atoms with Gasteiger partial charge in [0, 0.05) is 36.3 Å². The van der Waals surface area contributed by atoms with Crippen LogP contribution >= 0.6 is 23.1 Å². The van der Waals surface area contributed by atoms with Crippen molar-refractivity contribution in [2.45, 2.75) is 18.3 Å². The van der Waals surface area contributed by atoms with Gasteiger partial charge in [-0.1, -0.05) is 0 Å². The zero-order valence-electron chi connectivity index (χ0n) is 16.9. The van der Waals surface area contributed by atoms with E-state index in [0.717, 1.165) is 41.7 Å². The zero-order valence-corrected chi connectivity index (χ0v) is 19.4. The van der Waals surface area contributed by atoms with Crippen molar-refractivity contribution in [1.29, 1.82) is 0 Å². The second kappa shape index (κ2) is 8.71. The van der Waals surface area contributed by atoms with Crippen LogP contribution in [0, 0.1) is 5.41 Å². The fourth-order valence-electron chi connectivity index (χ4n) is 3.22.